The fourth-order valence-electron chi connectivity index (χ4n) is 2.18. The quantitative estimate of drug-likeness (QED) is 0.910. The Bertz CT molecular complexity index is 592. The maximum Gasteiger partial charge on any atom is 0.203 e. The number of methoxy groups -OCH3 is 3. The summed E-state index contributed by atoms with van der Waals surface area (Å²) in [6.45, 7) is 1.88. The Labute approximate surface area is 118 Å². The Balaban J connectivity index is 2.51. The fourth-order valence-corrected chi connectivity index (χ4v) is 2.18. The van der Waals surface area contributed by atoms with Crippen LogP contribution >= 0.6 is 0 Å². The topological polar surface area (TPSA) is 66.9 Å². The number of hydrogen-bond donors (Lipinski definition) is 1. The average molecular weight is 277 g/mol. The van der Waals surface area contributed by atoms with Gasteiger partial charge in [0.25, 0.3) is 0 Å². The predicted molar refractivity (Wildman–Crippen MR) is 75.6 cm³/mol. The van der Waals surface area contributed by atoms with Crippen LogP contribution in [0.15, 0.2) is 28.9 Å². The largest absolute Gasteiger partial charge is 0.493 e. The van der Waals surface area contributed by atoms with Crippen LogP contribution in [0.1, 0.15) is 22.9 Å². The van der Waals surface area contributed by atoms with Crippen molar-refractivity contribution in [1.82, 2.24) is 0 Å². The molecule has 1 aromatic carbocycles. The minimum atomic E-state index is -0.359. The van der Waals surface area contributed by atoms with Crippen molar-refractivity contribution >= 4 is 0 Å². The zero-order chi connectivity index (χ0) is 14.7. The zero-order valence-electron chi connectivity index (χ0n) is 12.1. The molecule has 0 aliphatic heterocycles. The lowest BCUT2D eigenvalue weighted by Crippen LogP contribution is -2.13. The summed E-state index contributed by atoms with van der Waals surface area (Å²) in [5.41, 5.74) is 7.98. The van der Waals surface area contributed by atoms with E-state index in [1.165, 1.54) is 0 Å². The van der Waals surface area contributed by atoms with Crippen molar-refractivity contribution < 1.29 is 18.6 Å². The number of nitrogens with two attached hydrogens (primary N) is 1. The second-order valence-corrected chi connectivity index (χ2v) is 4.39. The molecule has 5 nitrogen and oxygen atoms in total. The highest BCUT2D eigenvalue weighted by molar-refractivity contribution is 5.57. The van der Waals surface area contributed by atoms with Crippen molar-refractivity contribution in [2.24, 2.45) is 5.73 Å². The second-order valence-electron chi connectivity index (χ2n) is 4.39. The highest BCUT2D eigenvalue weighted by Crippen LogP contribution is 2.42. The van der Waals surface area contributed by atoms with Gasteiger partial charge in [-0.1, -0.05) is 0 Å². The van der Waals surface area contributed by atoms with Crippen LogP contribution in [0.3, 0.4) is 0 Å². The zero-order valence-corrected chi connectivity index (χ0v) is 12.1. The summed E-state index contributed by atoms with van der Waals surface area (Å²) < 4.78 is 21.4. The molecular formula is C15H19NO4. The van der Waals surface area contributed by atoms with Gasteiger partial charge in [-0.05, 0) is 25.1 Å². The number of benzene rings is 1. The van der Waals surface area contributed by atoms with E-state index in [-0.39, 0.29) is 6.04 Å². The van der Waals surface area contributed by atoms with E-state index in [2.05, 4.69) is 0 Å². The van der Waals surface area contributed by atoms with E-state index in [9.17, 15) is 0 Å². The maximum atomic E-state index is 6.28. The molecule has 5 heteroatoms. The Hall–Kier alpha value is -2.14. The van der Waals surface area contributed by atoms with Gasteiger partial charge in [-0.15, -0.1) is 0 Å². The minimum absolute atomic E-state index is 0.359. The number of ether oxygens (including phenoxy) is 3. The maximum absolute atomic E-state index is 6.28. The monoisotopic (exact) mass is 277 g/mol. The van der Waals surface area contributed by atoms with Crippen LogP contribution in [-0.2, 0) is 0 Å². The molecule has 20 heavy (non-hydrogen) atoms. The summed E-state index contributed by atoms with van der Waals surface area (Å²) in [5, 5.41) is 0. The highest BCUT2D eigenvalue weighted by Gasteiger charge is 2.21. The van der Waals surface area contributed by atoms with E-state index in [1.54, 1.807) is 27.6 Å². The standard InChI is InChI=1S/C15H19NO4/c1-9-7-10(8-20-9)13(16)11-5-6-12(17-2)15(19-4)14(11)18-3/h5-8,13H,16H2,1-4H3. The fraction of sp³-hybridized carbons (Fsp3) is 0.333. The Morgan fingerprint density at radius 1 is 1.05 bits per heavy atom. The summed E-state index contributed by atoms with van der Waals surface area (Å²) in [4.78, 5) is 0. The van der Waals surface area contributed by atoms with Gasteiger partial charge in [0, 0.05) is 11.1 Å². The molecule has 0 aliphatic rings. The van der Waals surface area contributed by atoms with Gasteiger partial charge >= 0.3 is 0 Å². The number of rotatable bonds is 5. The third-order valence-electron chi connectivity index (χ3n) is 3.18. The first-order valence-corrected chi connectivity index (χ1v) is 6.21. The first-order chi connectivity index (χ1) is 9.62. The van der Waals surface area contributed by atoms with Crippen molar-refractivity contribution in [3.63, 3.8) is 0 Å². The van der Waals surface area contributed by atoms with Gasteiger partial charge in [0.2, 0.25) is 5.75 Å². The van der Waals surface area contributed by atoms with Gasteiger partial charge in [0.15, 0.2) is 11.5 Å². The second kappa shape index (κ2) is 5.88. The molecule has 2 aromatic rings. The number of furan rings is 1. The van der Waals surface area contributed by atoms with Gasteiger partial charge < -0.3 is 24.4 Å². The van der Waals surface area contributed by atoms with E-state index in [1.807, 2.05) is 25.1 Å². The van der Waals surface area contributed by atoms with Gasteiger partial charge in [0.1, 0.15) is 5.76 Å². The smallest absolute Gasteiger partial charge is 0.203 e. The van der Waals surface area contributed by atoms with Gasteiger partial charge in [0.05, 0.1) is 33.6 Å². The van der Waals surface area contributed by atoms with Crippen LogP contribution in [-0.4, -0.2) is 21.3 Å². The van der Waals surface area contributed by atoms with Gasteiger partial charge in [-0.2, -0.15) is 0 Å². The molecule has 0 saturated heterocycles. The first-order valence-electron chi connectivity index (χ1n) is 6.21. The van der Waals surface area contributed by atoms with E-state index in [4.69, 9.17) is 24.4 Å². The minimum Gasteiger partial charge on any atom is -0.493 e. The highest BCUT2D eigenvalue weighted by atomic mass is 16.5. The van der Waals surface area contributed by atoms with E-state index < -0.39 is 0 Å². The van der Waals surface area contributed by atoms with Crippen molar-refractivity contribution in [2.45, 2.75) is 13.0 Å². The van der Waals surface area contributed by atoms with E-state index in [0.29, 0.717) is 17.2 Å². The molecule has 0 spiro atoms. The molecule has 1 heterocycles. The molecular weight excluding hydrogens is 258 g/mol. The van der Waals surface area contributed by atoms with Crippen LogP contribution in [0, 0.1) is 6.92 Å². The molecule has 0 aliphatic carbocycles. The number of aryl methyl sites for hydroxylation is 1. The van der Waals surface area contributed by atoms with Crippen LogP contribution in [0.5, 0.6) is 17.2 Å². The van der Waals surface area contributed by atoms with Gasteiger partial charge in [-0.3, -0.25) is 0 Å². The van der Waals surface area contributed by atoms with Crippen molar-refractivity contribution in [2.75, 3.05) is 21.3 Å². The molecule has 2 N–H and O–H groups in total. The SMILES string of the molecule is COc1ccc(C(N)c2coc(C)c2)c(OC)c1OC. The van der Waals surface area contributed by atoms with Crippen LogP contribution in [0.2, 0.25) is 0 Å². The molecule has 1 aromatic heterocycles. The predicted octanol–water partition coefficient (Wildman–Crippen LogP) is 2.66. The van der Waals surface area contributed by atoms with Crippen LogP contribution in [0.25, 0.3) is 0 Å². The van der Waals surface area contributed by atoms with E-state index >= 15 is 0 Å². The van der Waals surface area contributed by atoms with Crippen molar-refractivity contribution in [3.05, 3.63) is 41.3 Å². The number of hydrogen-bond acceptors (Lipinski definition) is 5. The lowest BCUT2D eigenvalue weighted by Gasteiger charge is -2.18. The van der Waals surface area contributed by atoms with Crippen molar-refractivity contribution in [1.29, 1.82) is 0 Å². The molecule has 0 radical (unpaired) electrons. The molecule has 1 atom stereocenters. The molecule has 0 amide bonds. The summed E-state index contributed by atoms with van der Waals surface area (Å²) in [5.74, 6) is 2.51. The van der Waals surface area contributed by atoms with Crippen molar-refractivity contribution in [3.8, 4) is 17.2 Å². The summed E-state index contributed by atoms with van der Waals surface area (Å²) in [6, 6.07) is 5.22. The normalized spacial score (nSPS) is 12.1. The van der Waals surface area contributed by atoms with E-state index in [0.717, 1.165) is 16.9 Å². The first kappa shape index (κ1) is 14.3. The summed E-state index contributed by atoms with van der Waals surface area (Å²) in [7, 11) is 4.72. The molecule has 0 saturated carbocycles. The lowest BCUT2D eigenvalue weighted by molar-refractivity contribution is 0.321. The lowest BCUT2D eigenvalue weighted by atomic mass is 10.00. The molecule has 1 unspecified atom stereocenters. The third kappa shape index (κ3) is 2.44. The summed E-state index contributed by atoms with van der Waals surface area (Å²) >= 11 is 0. The third-order valence-corrected chi connectivity index (χ3v) is 3.18. The van der Waals surface area contributed by atoms with Crippen LogP contribution < -0.4 is 19.9 Å². The summed E-state index contributed by atoms with van der Waals surface area (Å²) in [6.07, 6.45) is 1.65. The molecule has 0 fully saturated rings. The molecule has 2 rings (SSSR count). The Morgan fingerprint density at radius 3 is 2.25 bits per heavy atom. The Morgan fingerprint density at radius 2 is 1.75 bits per heavy atom. The molecule has 0 bridgehead atoms. The van der Waals surface area contributed by atoms with Gasteiger partial charge in [-0.25, -0.2) is 0 Å². The average Bonchev–Trinajstić information content (AvgIpc) is 2.91. The Kier molecular flexibility index (Phi) is 4.20. The molecule has 108 valence electrons. The van der Waals surface area contributed by atoms with Crippen LogP contribution in [0.4, 0.5) is 0 Å².